The van der Waals surface area contributed by atoms with Gasteiger partial charge in [-0.2, -0.15) is 0 Å². The van der Waals surface area contributed by atoms with Gasteiger partial charge in [-0.25, -0.2) is 0 Å². The van der Waals surface area contributed by atoms with Gasteiger partial charge in [0.05, 0.1) is 23.3 Å². The fourth-order valence-electron chi connectivity index (χ4n) is 2.99. The number of fused-ring (bicyclic) bond motifs is 5. The Balaban J connectivity index is 2.29. The molecule has 90 valence electrons. The van der Waals surface area contributed by atoms with Gasteiger partial charge in [-0.05, 0) is 0 Å². The Morgan fingerprint density at radius 1 is 0.875 bits per heavy atom. The Kier molecular flexibility index (Phi) is 2.58. The SMILES string of the molecule is ClC1=C(Cl)C2(Cl)C3COCC3C1(Cl)C2(Cl)Cl. The first kappa shape index (κ1) is 12.5. The number of hydrogen-bond donors (Lipinski definition) is 0. The summed E-state index contributed by atoms with van der Waals surface area (Å²) in [6, 6.07) is 0. The van der Waals surface area contributed by atoms with Crippen LogP contribution in [0.4, 0.5) is 0 Å². The predicted octanol–water partition coefficient (Wildman–Crippen LogP) is 4.09. The number of ether oxygens (including phenoxy) is 1. The van der Waals surface area contributed by atoms with Crippen molar-refractivity contribution in [3.63, 3.8) is 0 Å². The summed E-state index contributed by atoms with van der Waals surface area (Å²) in [5.74, 6) is -0.201. The summed E-state index contributed by atoms with van der Waals surface area (Å²) in [4.78, 5) is -2.28. The van der Waals surface area contributed by atoms with Crippen LogP contribution >= 0.6 is 69.6 Å². The minimum Gasteiger partial charge on any atom is -0.381 e. The third-order valence-corrected chi connectivity index (χ3v) is 8.20. The molecule has 0 amide bonds. The number of allylic oxidation sites excluding steroid dienone is 2. The molecule has 1 heterocycles. The molecule has 0 aromatic rings. The molecule has 1 saturated carbocycles. The maximum absolute atomic E-state index is 6.52. The second-order valence-corrected chi connectivity index (χ2v) is 7.65. The Morgan fingerprint density at radius 2 is 1.25 bits per heavy atom. The Bertz CT molecular complexity index is 373. The zero-order valence-electron chi connectivity index (χ0n) is 7.74. The van der Waals surface area contributed by atoms with Gasteiger partial charge >= 0.3 is 0 Å². The summed E-state index contributed by atoms with van der Waals surface area (Å²) < 4.78 is 3.98. The van der Waals surface area contributed by atoms with Crippen molar-refractivity contribution in [3.05, 3.63) is 10.1 Å². The van der Waals surface area contributed by atoms with Gasteiger partial charge in [0, 0.05) is 11.8 Å². The molecule has 3 rings (SSSR count). The molecule has 2 bridgehead atoms. The summed E-state index contributed by atoms with van der Waals surface area (Å²) in [5.41, 5.74) is 0. The van der Waals surface area contributed by atoms with Crippen LogP contribution in [0.1, 0.15) is 0 Å². The van der Waals surface area contributed by atoms with E-state index in [2.05, 4.69) is 0 Å². The number of halogens is 6. The van der Waals surface area contributed by atoms with Gasteiger partial charge in [-0.15, -0.1) is 23.2 Å². The maximum atomic E-state index is 6.52. The van der Waals surface area contributed by atoms with Crippen molar-refractivity contribution in [2.75, 3.05) is 13.2 Å². The molecule has 0 radical (unpaired) electrons. The van der Waals surface area contributed by atoms with Crippen molar-refractivity contribution in [2.24, 2.45) is 11.8 Å². The van der Waals surface area contributed by atoms with Gasteiger partial charge in [0.1, 0.15) is 9.75 Å². The molecule has 0 aromatic carbocycles. The third kappa shape index (κ3) is 0.976. The van der Waals surface area contributed by atoms with E-state index in [1.165, 1.54) is 0 Å². The minimum absolute atomic E-state index is 0.100. The van der Waals surface area contributed by atoms with Crippen LogP contribution in [0.25, 0.3) is 0 Å². The van der Waals surface area contributed by atoms with Gasteiger partial charge in [-0.1, -0.05) is 46.4 Å². The summed E-state index contributed by atoms with van der Waals surface area (Å²) in [5, 5.41) is 0.505. The lowest BCUT2D eigenvalue weighted by Gasteiger charge is -2.33. The van der Waals surface area contributed by atoms with Crippen molar-refractivity contribution in [1.82, 2.24) is 0 Å². The maximum Gasteiger partial charge on any atom is 0.167 e. The first-order chi connectivity index (χ1) is 7.29. The molecule has 0 N–H and O–H groups in total. The highest BCUT2D eigenvalue weighted by Gasteiger charge is 2.83. The first-order valence-electron chi connectivity index (χ1n) is 4.69. The van der Waals surface area contributed by atoms with E-state index in [0.29, 0.717) is 13.2 Å². The largest absolute Gasteiger partial charge is 0.381 e. The average Bonchev–Trinajstić information content (AvgIpc) is 2.78. The molecule has 4 unspecified atom stereocenters. The Labute approximate surface area is 123 Å². The molecule has 1 nitrogen and oxygen atoms in total. The van der Waals surface area contributed by atoms with E-state index >= 15 is 0 Å². The predicted molar refractivity (Wildman–Crippen MR) is 68.1 cm³/mol. The van der Waals surface area contributed by atoms with Gasteiger partial charge in [-0.3, -0.25) is 0 Å². The average molecular weight is 343 g/mol. The fraction of sp³-hybridized carbons (Fsp3) is 0.778. The minimum atomic E-state index is -1.41. The van der Waals surface area contributed by atoms with Gasteiger partial charge in [0.2, 0.25) is 0 Å². The van der Waals surface area contributed by atoms with Gasteiger partial charge in [0.15, 0.2) is 4.33 Å². The number of rotatable bonds is 0. The summed E-state index contributed by atoms with van der Waals surface area (Å²) >= 11 is 38.0. The van der Waals surface area contributed by atoms with Crippen LogP contribution in [-0.2, 0) is 4.74 Å². The van der Waals surface area contributed by atoms with E-state index in [4.69, 9.17) is 74.3 Å². The van der Waals surface area contributed by atoms with Crippen molar-refractivity contribution < 1.29 is 4.74 Å². The zero-order chi connectivity index (χ0) is 11.9. The molecule has 3 aliphatic rings. The second kappa shape index (κ2) is 3.30. The van der Waals surface area contributed by atoms with E-state index in [9.17, 15) is 0 Å². The van der Waals surface area contributed by atoms with E-state index in [-0.39, 0.29) is 21.9 Å². The third-order valence-electron chi connectivity index (χ3n) is 3.85. The van der Waals surface area contributed by atoms with Crippen molar-refractivity contribution in [3.8, 4) is 0 Å². The van der Waals surface area contributed by atoms with Crippen LogP contribution in [0.15, 0.2) is 10.1 Å². The molecule has 2 fully saturated rings. The smallest absolute Gasteiger partial charge is 0.167 e. The fourth-order valence-corrected chi connectivity index (χ4v) is 6.05. The molecule has 0 spiro atoms. The highest BCUT2D eigenvalue weighted by molar-refractivity contribution is 6.65. The summed E-state index contributed by atoms with van der Waals surface area (Å²) in [7, 11) is 0. The normalized spacial score (nSPS) is 53.6. The monoisotopic (exact) mass is 340 g/mol. The van der Waals surface area contributed by atoms with Crippen LogP contribution in [-0.4, -0.2) is 27.3 Å². The van der Waals surface area contributed by atoms with E-state index in [1.54, 1.807) is 0 Å². The molecule has 1 saturated heterocycles. The lowest BCUT2D eigenvalue weighted by atomic mass is 9.85. The Morgan fingerprint density at radius 3 is 1.62 bits per heavy atom. The topological polar surface area (TPSA) is 9.23 Å². The molecule has 2 aliphatic carbocycles. The summed E-state index contributed by atoms with van der Waals surface area (Å²) in [6.07, 6.45) is 0. The van der Waals surface area contributed by atoms with Crippen LogP contribution in [0, 0.1) is 11.8 Å². The molecule has 0 aromatic heterocycles. The van der Waals surface area contributed by atoms with Crippen molar-refractivity contribution >= 4 is 69.6 Å². The molecule has 1 aliphatic heterocycles. The van der Waals surface area contributed by atoms with E-state index in [1.807, 2.05) is 0 Å². The highest BCUT2D eigenvalue weighted by atomic mass is 35.5. The lowest BCUT2D eigenvalue weighted by Crippen LogP contribution is -2.46. The quantitative estimate of drug-likeness (QED) is 0.602. The van der Waals surface area contributed by atoms with Gasteiger partial charge < -0.3 is 4.74 Å². The highest BCUT2D eigenvalue weighted by Crippen LogP contribution is 2.77. The molecule has 7 heteroatoms. The van der Waals surface area contributed by atoms with Crippen molar-refractivity contribution in [2.45, 2.75) is 14.1 Å². The molecule has 4 atom stereocenters. The Hall–Kier alpha value is 1.44. The number of alkyl halides is 4. The van der Waals surface area contributed by atoms with E-state index in [0.717, 1.165) is 0 Å². The van der Waals surface area contributed by atoms with Crippen LogP contribution in [0.3, 0.4) is 0 Å². The van der Waals surface area contributed by atoms with Crippen LogP contribution in [0.2, 0.25) is 0 Å². The zero-order valence-corrected chi connectivity index (χ0v) is 12.3. The molecule has 16 heavy (non-hydrogen) atoms. The van der Waals surface area contributed by atoms with E-state index < -0.39 is 14.1 Å². The molecular weight excluding hydrogens is 337 g/mol. The van der Waals surface area contributed by atoms with Gasteiger partial charge in [0.25, 0.3) is 0 Å². The standard InChI is InChI=1S/C9H6Cl6O/c10-5-6(11)8(13)4-2-16-1-3(4)7(5,12)9(8,14)15/h3-4H,1-2H2. The number of hydrogen-bond acceptors (Lipinski definition) is 1. The second-order valence-electron chi connectivity index (χ2n) is 4.38. The molecular formula is C9H6Cl6O. The van der Waals surface area contributed by atoms with Crippen molar-refractivity contribution in [1.29, 1.82) is 0 Å². The first-order valence-corrected chi connectivity index (χ1v) is 6.96. The van der Waals surface area contributed by atoms with Crippen LogP contribution < -0.4 is 0 Å². The lowest BCUT2D eigenvalue weighted by molar-refractivity contribution is 0.167. The summed E-state index contributed by atoms with van der Waals surface area (Å²) in [6.45, 7) is 0.897. The van der Waals surface area contributed by atoms with Crippen LogP contribution in [0.5, 0.6) is 0 Å².